The smallest absolute Gasteiger partial charge is 0.218 e. The summed E-state index contributed by atoms with van der Waals surface area (Å²) in [5, 5.41) is 12.6. The van der Waals surface area contributed by atoms with Crippen LogP contribution in [0.4, 0.5) is 5.13 Å². The zero-order chi connectivity index (χ0) is 14.2. The second-order valence-corrected chi connectivity index (χ2v) is 5.38. The topological polar surface area (TPSA) is 71.2 Å². The third kappa shape index (κ3) is 4.47. The van der Waals surface area contributed by atoms with E-state index < -0.39 is 0 Å². The van der Waals surface area contributed by atoms with E-state index in [0.717, 1.165) is 35.0 Å². The molecule has 0 unspecified atom stereocenters. The number of oxazole rings is 1. The van der Waals surface area contributed by atoms with Crippen LogP contribution in [-0.4, -0.2) is 28.2 Å². The molecule has 0 atom stereocenters. The van der Waals surface area contributed by atoms with E-state index in [-0.39, 0.29) is 6.61 Å². The molecule has 2 N–H and O–H groups in total. The molecular weight excluding hydrogens is 274 g/mol. The zero-order valence-corrected chi connectivity index (χ0v) is 12.3. The van der Waals surface area contributed by atoms with Crippen molar-refractivity contribution in [3.63, 3.8) is 0 Å². The standard InChI is InChI=1S/C14H19N3O2S/c1-2-3-4-11-9-16-13(19-11)6-5-12-10-17-14(20-12)15-7-8-18/h5-6,9-10,18H,2-4,7-8H2,1H3,(H,15,17)/b6-5+. The van der Waals surface area contributed by atoms with Gasteiger partial charge in [0, 0.05) is 30.1 Å². The molecular formula is C14H19N3O2S. The maximum Gasteiger partial charge on any atom is 0.218 e. The largest absolute Gasteiger partial charge is 0.442 e. The molecule has 0 saturated carbocycles. The van der Waals surface area contributed by atoms with Gasteiger partial charge in [0.2, 0.25) is 5.89 Å². The summed E-state index contributed by atoms with van der Waals surface area (Å²) in [6.45, 7) is 2.77. The molecule has 0 fully saturated rings. The lowest BCUT2D eigenvalue weighted by Gasteiger charge is -1.95. The van der Waals surface area contributed by atoms with Crippen molar-refractivity contribution >= 4 is 28.6 Å². The number of unbranched alkanes of at least 4 members (excludes halogenated alkanes) is 1. The van der Waals surface area contributed by atoms with E-state index in [1.54, 1.807) is 12.4 Å². The van der Waals surface area contributed by atoms with Crippen molar-refractivity contribution in [1.29, 1.82) is 0 Å². The van der Waals surface area contributed by atoms with Crippen LogP contribution in [0, 0.1) is 0 Å². The number of aryl methyl sites for hydroxylation is 1. The highest BCUT2D eigenvalue weighted by molar-refractivity contribution is 7.16. The minimum absolute atomic E-state index is 0.0988. The number of rotatable bonds is 8. The molecule has 2 aromatic heterocycles. The van der Waals surface area contributed by atoms with Gasteiger partial charge in [-0.15, -0.1) is 0 Å². The predicted molar refractivity (Wildman–Crippen MR) is 81.7 cm³/mol. The molecule has 6 heteroatoms. The van der Waals surface area contributed by atoms with Crippen LogP contribution < -0.4 is 5.32 Å². The van der Waals surface area contributed by atoms with Gasteiger partial charge in [0.15, 0.2) is 5.13 Å². The first-order valence-corrected chi connectivity index (χ1v) is 7.57. The summed E-state index contributed by atoms with van der Waals surface area (Å²) in [7, 11) is 0. The Morgan fingerprint density at radius 3 is 3.05 bits per heavy atom. The Balaban J connectivity index is 1.91. The van der Waals surface area contributed by atoms with Crippen LogP contribution in [0.25, 0.3) is 12.2 Å². The van der Waals surface area contributed by atoms with Crippen molar-refractivity contribution in [3.05, 3.63) is 28.9 Å². The first-order chi connectivity index (χ1) is 9.81. The van der Waals surface area contributed by atoms with Crippen molar-refractivity contribution in [2.24, 2.45) is 0 Å². The summed E-state index contributed by atoms with van der Waals surface area (Å²) in [6.07, 6.45) is 10.5. The van der Waals surface area contributed by atoms with Crippen LogP contribution in [-0.2, 0) is 6.42 Å². The number of hydrogen-bond donors (Lipinski definition) is 2. The quantitative estimate of drug-likeness (QED) is 0.782. The highest BCUT2D eigenvalue weighted by atomic mass is 32.1. The van der Waals surface area contributed by atoms with E-state index in [9.17, 15) is 0 Å². The van der Waals surface area contributed by atoms with Crippen molar-refractivity contribution in [2.75, 3.05) is 18.5 Å². The molecule has 2 aromatic rings. The number of aromatic nitrogens is 2. The minimum Gasteiger partial charge on any atom is -0.442 e. The Kier molecular flexibility index (Phi) is 5.76. The molecule has 2 heterocycles. The molecule has 108 valence electrons. The number of nitrogens with zero attached hydrogens (tertiary/aromatic N) is 2. The summed E-state index contributed by atoms with van der Waals surface area (Å²) in [5.41, 5.74) is 0. The second-order valence-electron chi connectivity index (χ2n) is 4.32. The molecule has 0 aliphatic rings. The van der Waals surface area contributed by atoms with Crippen molar-refractivity contribution in [1.82, 2.24) is 9.97 Å². The second kappa shape index (κ2) is 7.81. The summed E-state index contributed by atoms with van der Waals surface area (Å²) in [5.74, 6) is 1.55. The van der Waals surface area contributed by atoms with Gasteiger partial charge in [0.05, 0.1) is 12.8 Å². The highest BCUT2D eigenvalue weighted by Gasteiger charge is 2.01. The Labute approximate surface area is 122 Å². The molecule has 0 aliphatic carbocycles. The monoisotopic (exact) mass is 293 g/mol. The Hall–Kier alpha value is -1.66. The number of anilines is 1. The molecule has 0 aliphatic heterocycles. The molecule has 0 bridgehead atoms. The molecule has 20 heavy (non-hydrogen) atoms. The van der Waals surface area contributed by atoms with Gasteiger partial charge in [-0.3, -0.25) is 0 Å². The normalized spacial score (nSPS) is 11.3. The average Bonchev–Trinajstić information content (AvgIpc) is 3.10. The van der Waals surface area contributed by atoms with Crippen molar-refractivity contribution in [2.45, 2.75) is 26.2 Å². The summed E-state index contributed by atoms with van der Waals surface area (Å²) in [4.78, 5) is 9.44. The van der Waals surface area contributed by atoms with E-state index >= 15 is 0 Å². The fraction of sp³-hybridized carbons (Fsp3) is 0.429. The number of aliphatic hydroxyl groups excluding tert-OH is 1. The van der Waals surface area contributed by atoms with E-state index in [1.165, 1.54) is 11.3 Å². The van der Waals surface area contributed by atoms with E-state index in [2.05, 4.69) is 22.2 Å². The van der Waals surface area contributed by atoms with Crippen LogP contribution in [0.15, 0.2) is 16.8 Å². The van der Waals surface area contributed by atoms with Gasteiger partial charge in [-0.1, -0.05) is 24.7 Å². The van der Waals surface area contributed by atoms with E-state index in [1.807, 2.05) is 12.2 Å². The lowest BCUT2D eigenvalue weighted by Crippen LogP contribution is -2.04. The van der Waals surface area contributed by atoms with Gasteiger partial charge in [0.25, 0.3) is 0 Å². The molecule has 0 spiro atoms. The van der Waals surface area contributed by atoms with Crippen molar-refractivity contribution in [3.8, 4) is 0 Å². The molecule has 5 nitrogen and oxygen atoms in total. The first-order valence-electron chi connectivity index (χ1n) is 6.75. The maximum absolute atomic E-state index is 8.73. The zero-order valence-electron chi connectivity index (χ0n) is 11.5. The molecule has 0 radical (unpaired) electrons. The average molecular weight is 293 g/mol. The summed E-state index contributed by atoms with van der Waals surface area (Å²) in [6, 6.07) is 0. The third-order valence-corrected chi connectivity index (χ3v) is 3.57. The van der Waals surface area contributed by atoms with Gasteiger partial charge < -0.3 is 14.8 Å². The lowest BCUT2D eigenvalue weighted by molar-refractivity contribution is 0.311. The highest BCUT2D eigenvalue weighted by Crippen LogP contribution is 2.20. The fourth-order valence-corrected chi connectivity index (χ4v) is 2.37. The molecule has 0 saturated heterocycles. The minimum atomic E-state index is 0.0988. The molecule has 2 rings (SSSR count). The van der Waals surface area contributed by atoms with E-state index in [0.29, 0.717) is 12.4 Å². The maximum atomic E-state index is 8.73. The van der Waals surface area contributed by atoms with E-state index in [4.69, 9.17) is 9.52 Å². The molecule has 0 aromatic carbocycles. The van der Waals surface area contributed by atoms with Gasteiger partial charge in [-0.05, 0) is 12.5 Å². The number of nitrogens with one attached hydrogen (secondary N) is 1. The lowest BCUT2D eigenvalue weighted by atomic mass is 10.2. The first kappa shape index (κ1) is 14.7. The van der Waals surface area contributed by atoms with Crippen LogP contribution in [0.3, 0.4) is 0 Å². The number of aliphatic hydroxyl groups is 1. The summed E-state index contributed by atoms with van der Waals surface area (Å²) < 4.78 is 5.62. The van der Waals surface area contributed by atoms with Gasteiger partial charge in [-0.25, -0.2) is 9.97 Å². The number of thiazole rings is 1. The SMILES string of the molecule is CCCCc1cnc(/C=C/c2cnc(NCCO)s2)o1. The van der Waals surface area contributed by atoms with Crippen LogP contribution in [0.1, 0.15) is 36.3 Å². The molecule has 0 amide bonds. The van der Waals surface area contributed by atoms with Gasteiger partial charge >= 0.3 is 0 Å². The van der Waals surface area contributed by atoms with Crippen LogP contribution in [0.2, 0.25) is 0 Å². The Morgan fingerprint density at radius 2 is 2.25 bits per heavy atom. The number of hydrogen-bond acceptors (Lipinski definition) is 6. The van der Waals surface area contributed by atoms with Crippen LogP contribution in [0.5, 0.6) is 0 Å². The van der Waals surface area contributed by atoms with Crippen molar-refractivity contribution < 1.29 is 9.52 Å². The predicted octanol–water partition coefficient (Wildman–Crippen LogP) is 3.05. The summed E-state index contributed by atoms with van der Waals surface area (Å²) >= 11 is 1.52. The Bertz CT molecular complexity index is 500. The third-order valence-electron chi connectivity index (χ3n) is 2.65. The fourth-order valence-electron chi connectivity index (χ4n) is 1.63. The van der Waals surface area contributed by atoms with Gasteiger partial charge in [0.1, 0.15) is 5.76 Å². The van der Waals surface area contributed by atoms with Gasteiger partial charge in [-0.2, -0.15) is 0 Å². The Morgan fingerprint density at radius 1 is 1.35 bits per heavy atom. The van der Waals surface area contributed by atoms with Crippen LogP contribution >= 0.6 is 11.3 Å².